The van der Waals surface area contributed by atoms with Gasteiger partial charge in [0.15, 0.2) is 57.5 Å². The fourth-order valence-corrected chi connectivity index (χ4v) is 24.3. The van der Waals surface area contributed by atoms with Gasteiger partial charge in [-0.15, -0.1) is 0 Å². The summed E-state index contributed by atoms with van der Waals surface area (Å²) >= 11 is 0. The average molecular weight is 1830 g/mol. The molecule has 29 heteroatoms. The number of hydrogen-bond acceptors (Lipinski definition) is 17. The molecule has 129 heavy (non-hydrogen) atoms. The summed E-state index contributed by atoms with van der Waals surface area (Å²) in [5, 5.41) is 9.45. The van der Waals surface area contributed by atoms with Gasteiger partial charge in [-0.2, -0.15) is 18.3 Å². The minimum Gasteiger partial charge on any atom is -1.00 e. The molecule has 12 aliphatic heterocycles. The number of fused-ring (bicyclic) bond motifs is 1. The van der Waals surface area contributed by atoms with Crippen molar-refractivity contribution in [1.82, 2.24) is 34.3 Å². The zero-order chi connectivity index (χ0) is 92.5. The Morgan fingerprint density at radius 1 is 0.527 bits per heavy atom. The molecular formula is C100H126BrN12O16+3. The van der Waals surface area contributed by atoms with Crippen LogP contribution in [-0.4, -0.2) is 168 Å². The van der Waals surface area contributed by atoms with Gasteiger partial charge >= 0.3 is 35.7 Å². The number of halogens is 1. The van der Waals surface area contributed by atoms with E-state index in [1.165, 1.54) is 14.2 Å². The highest BCUT2D eigenvalue weighted by Gasteiger charge is 2.79. The lowest BCUT2D eigenvalue weighted by Crippen LogP contribution is -3.00. The number of carbonyl (C=O) groups excluding carboxylic acids is 12. The number of ether oxygens (including phenoxy) is 4. The molecule has 0 aromatic carbocycles. The SMILES string of the molecule is CCCC(=O)C[C@@H](CCCNC(=O)CC[C@@H]1C2=C(CC(=O)OC)c3c(C(=O)NN)c(C)c4n3[C@]35n6c(c(C)c(C(C)=O)c6=CC6=[N+]3C(=C4)[C@H](CC)[C@H]6C)=CC(=[N+]25)[C@H]1C)C(=O)OC(C)(C)C.CCCC(=O)C[C@@H](CCCNC(=O)CC[C@@H]1C2=[N+]3C(=Cc4c(C)c(C(C)=O)c5n4[C@]34n3c(c(C)c6c3=C2C(C(=O)OC)C6=O)=CC2=[N+]4C(=C5)[C@H](C)[C@H]2CC)[C@H]1C)C(=O)OC(C)(C)C.[Br-]. The molecule has 0 saturated heterocycles. The van der Waals surface area contributed by atoms with Crippen LogP contribution in [0.3, 0.4) is 0 Å². The molecule has 0 radical (unpaired) electrons. The first-order valence-corrected chi connectivity index (χ1v) is 46.4. The van der Waals surface area contributed by atoms with Crippen LogP contribution in [0.4, 0.5) is 0 Å². The number of hydrazine groups is 1. The van der Waals surface area contributed by atoms with E-state index in [-0.39, 0.29) is 137 Å². The summed E-state index contributed by atoms with van der Waals surface area (Å²) in [6.07, 6.45) is 20.2. The smallest absolute Gasteiger partial charge is 0.552 e. The number of allylic oxidation sites excluding steroid dienone is 4. The van der Waals surface area contributed by atoms with Gasteiger partial charge in [-0.05, 0) is 170 Å². The highest BCUT2D eigenvalue weighted by atomic mass is 79.9. The van der Waals surface area contributed by atoms with Crippen molar-refractivity contribution in [2.24, 2.45) is 70.9 Å². The quantitative estimate of drug-likeness (QED) is 0.00471. The fourth-order valence-electron chi connectivity index (χ4n) is 24.3. The van der Waals surface area contributed by atoms with Gasteiger partial charge in [-0.3, -0.25) is 63.0 Å². The molecule has 13 atom stereocenters. The molecule has 1 aliphatic carbocycles. The van der Waals surface area contributed by atoms with Gasteiger partial charge in [0.25, 0.3) is 5.91 Å². The largest absolute Gasteiger partial charge is 1.00 e. The Bertz CT molecular complexity index is 6270. The van der Waals surface area contributed by atoms with E-state index in [9.17, 15) is 57.5 Å². The number of aromatic nitrogens is 4. The van der Waals surface area contributed by atoms with Crippen LogP contribution in [0.25, 0.3) is 47.6 Å². The Labute approximate surface area is 763 Å². The van der Waals surface area contributed by atoms with Gasteiger partial charge in [0, 0.05) is 105 Å². The Morgan fingerprint density at radius 3 is 1.56 bits per heavy atom. The van der Waals surface area contributed by atoms with E-state index in [4.69, 9.17) is 24.8 Å². The predicted octanol–water partition coefficient (Wildman–Crippen LogP) is 6.43. The van der Waals surface area contributed by atoms with Gasteiger partial charge in [0.1, 0.15) is 22.8 Å². The summed E-state index contributed by atoms with van der Waals surface area (Å²) in [5.41, 5.74) is 19.0. The highest BCUT2D eigenvalue weighted by molar-refractivity contribution is 6.34. The standard InChI is InChI=1S/C50H63N7O8.C50H60N5O8.BrH/c1-12-15-31(59)20-30(48(63)65-49(8,9)10)16-14-19-52-41(60)18-17-33-26(4)36-22-37-27(5)43(29(7)58)40-24-35-25(3)32(13-2)39-23-38-28(6)44(47(62)53-51)46-34(21-42(61)64-11)45(33)56(36)50(54(35)39,55(37)40)57(38)46;1-12-15-30(57)20-29(47(60)63-49(8,9)10)16-14-19-51-39(58)18-17-32-25(4)34-21-35-26(5)40(28(7)56)38-23-33-24(3)31(13-2)37-22-36-27(6)41-45-42(43(46(41)59)48(61)62-11)44(32)54(34)50(52(33)37,53(35)38)55(36)45;/h22-26,30,32-33,51H,12-21H2,1-11H3,(H,52,60);21-25,29,31-32,43H,12-20H2,1-11H3;1H/q;+1;/p+2/t25-,26+,30-,32-,33+,50+;24-,25+,29-,31-,32+,43?,50+;/m11./s1. The third-order valence-electron chi connectivity index (χ3n) is 29.6. The summed E-state index contributed by atoms with van der Waals surface area (Å²) in [5.74, 6) is -2.04. The molecule has 2 spiro atoms. The number of amides is 3. The number of hydrogen-bond donors (Lipinski definition) is 4. The maximum Gasteiger partial charge on any atom is 0.552 e. The molecule has 0 bridgehead atoms. The second-order valence-electron chi connectivity index (χ2n) is 39.5. The molecule has 4 aromatic rings. The van der Waals surface area contributed by atoms with Crippen LogP contribution in [0.5, 0.6) is 0 Å². The number of carbonyl (C=O) groups is 12. The average Bonchev–Trinajstić information content (AvgIpc) is 1.47. The van der Waals surface area contributed by atoms with Gasteiger partial charge in [0.2, 0.25) is 23.2 Å². The molecule has 5 N–H and O–H groups in total. The van der Waals surface area contributed by atoms with E-state index in [0.717, 1.165) is 108 Å². The van der Waals surface area contributed by atoms with E-state index < -0.39 is 70.6 Å². The number of nitrogens with zero attached hydrogens (tertiary/aromatic N) is 8. The molecule has 28 nitrogen and oxygen atoms in total. The topological polar surface area (TPSA) is 336 Å². The third kappa shape index (κ3) is 13.9. The number of nitrogen functional groups attached to an aromatic ring is 1. The van der Waals surface area contributed by atoms with E-state index in [0.29, 0.717) is 127 Å². The molecule has 0 saturated carbocycles. The van der Waals surface area contributed by atoms with Crippen LogP contribution in [0, 0.1) is 92.8 Å². The Balaban J connectivity index is 0.000000197. The molecule has 0 fully saturated rings. The number of nitrogens with two attached hydrogens (primary N) is 1. The Hall–Kier alpha value is -10.7. The van der Waals surface area contributed by atoms with E-state index in [1.807, 2.05) is 62.3 Å². The van der Waals surface area contributed by atoms with Crippen LogP contribution in [0.1, 0.15) is 306 Å². The van der Waals surface area contributed by atoms with Gasteiger partial charge in [-0.1, -0.05) is 73.7 Å². The number of methoxy groups -OCH3 is 2. The van der Waals surface area contributed by atoms with Gasteiger partial charge in [-0.25, -0.2) is 5.84 Å². The lowest BCUT2D eigenvalue weighted by atomic mass is 9.81. The fraction of sp³-hybridized carbons (Fsp3) is 0.560. The highest BCUT2D eigenvalue weighted by Crippen LogP contribution is 2.59. The molecule has 4 aromatic heterocycles. The summed E-state index contributed by atoms with van der Waals surface area (Å²) in [6.45, 7) is 39.8. The number of ketones is 5. The summed E-state index contributed by atoms with van der Waals surface area (Å²) < 4.78 is 40.7. The summed E-state index contributed by atoms with van der Waals surface area (Å²) in [7, 11) is 2.67. The van der Waals surface area contributed by atoms with Crippen LogP contribution in [0.2, 0.25) is 0 Å². The van der Waals surface area contributed by atoms with Gasteiger partial charge in [0.05, 0.1) is 141 Å². The molecule has 16 heterocycles. The first-order chi connectivity index (χ1) is 60.6. The van der Waals surface area contributed by atoms with Crippen molar-refractivity contribution < 1.29 is 112 Å². The minimum absolute atomic E-state index is 0. The van der Waals surface area contributed by atoms with Crippen molar-refractivity contribution in [3.05, 3.63) is 111 Å². The van der Waals surface area contributed by atoms with E-state index >= 15 is 0 Å². The maximum absolute atomic E-state index is 14.9. The minimum atomic E-state index is -1.20. The van der Waals surface area contributed by atoms with Crippen molar-refractivity contribution in [2.75, 3.05) is 27.3 Å². The van der Waals surface area contributed by atoms with Crippen molar-refractivity contribution >= 4 is 141 Å². The summed E-state index contributed by atoms with van der Waals surface area (Å²) in [6, 6.07) is 0. The van der Waals surface area contributed by atoms with Crippen LogP contribution in [-0.2, 0) is 69.1 Å². The Morgan fingerprint density at radius 2 is 1.02 bits per heavy atom. The van der Waals surface area contributed by atoms with Crippen molar-refractivity contribution in [3.63, 3.8) is 0 Å². The first kappa shape index (κ1) is 93.0. The molecule has 686 valence electrons. The molecule has 1 unspecified atom stereocenters. The number of rotatable bonds is 32. The van der Waals surface area contributed by atoms with Crippen LogP contribution in [0.15, 0.2) is 22.8 Å². The molecule has 17 rings (SSSR count). The summed E-state index contributed by atoms with van der Waals surface area (Å²) in [4.78, 5) is 163. The maximum atomic E-state index is 14.9. The zero-order valence-electron chi connectivity index (χ0n) is 78.8. The normalized spacial score (nSPS) is 24.3. The van der Waals surface area contributed by atoms with E-state index in [1.54, 1.807) is 34.6 Å². The number of esters is 4. The van der Waals surface area contributed by atoms with Crippen LogP contribution < -0.4 is 60.3 Å². The van der Waals surface area contributed by atoms with Crippen LogP contribution >= 0.6 is 0 Å². The number of nitrogens with one attached hydrogen (secondary N) is 3. The lowest BCUT2D eigenvalue weighted by Gasteiger charge is -2.39. The molecule has 13 aliphatic rings. The van der Waals surface area contributed by atoms with Crippen molar-refractivity contribution in [2.45, 2.75) is 271 Å². The lowest BCUT2D eigenvalue weighted by molar-refractivity contribution is -0.838. The number of Topliss-reactive ketones (excluding diaryl/α,β-unsaturated/α-hetero) is 5. The first-order valence-electron chi connectivity index (χ1n) is 46.4. The monoisotopic (exact) mass is 1830 g/mol. The molecule has 3 amide bonds. The Kier molecular flexibility index (Phi) is 24.5. The predicted molar refractivity (Wildman–Crippen MR) is 481 cm³/mol. The van der Waals surface area contributed by atoms with Crippen molar-refractivity contribution in [3.8, 4) is 0 Å². The van der Waals surface area contributed by atoms with Gasteiger partial charge < -0.3 is 46.6 Å². The van der Waals surface area contributed by atoms with Crippen molar-refractivity contribution in [1.29, 1.82) is 0 Å². The van der Waals surface area contributed by atoms with E-state index in [2.05, 4.69) is 131 Å². The third-order valence-corrected chi connectivity index (χ3v) is 29.6. The second kappa shape index (κ2) is 33.9. The second-order valence-corrected chi connectivity index (χ2v) is 39.5. The molecular weight excluding hydrogens is 1710 g/mol. The zero-order valence-corrected chi connectivity index (χ0v) is 80.4.